The first-order valence-electron chi connectivity index (χ1n) is 6.35. The van der Waals surface area contributed by atoms with Crippen LogP contribution in [-0.4, -0.2) is 34.3 Å². The van der Waals surface area contributed by atoms with Crippen LogP contribution >= 0.6 is 0 Å². The number of nitrogens with one attached hydrogen (secondary N) is 2. The molecule has 0 spiro atoms. The summed E-state index contributed by atoms with van der Waals surface area (Å²) in [7, 11) is 0. The molecule has 1 rings (SSSR count). The first-order chi connectivity index (χ1) is 9.27. The third kappa shape index (κ3) is 4.52. The lowest BCUT2D eigenvalue weighted by Crippen LogP contribution is -2.27. The van der Waals surface area contributed by atoms with E-state index in [0.717, 1.165) is 0 Å². The lowest BCUT2D eigenvalue weighted by atomic mass is 10.1. The SMILES string of the molecule is CCNc1cc(NC(C)C(C)CO)nc(C(F)(F)F)n1. The monoisotopic (exact) mass is 292 g/mol. The van der Waals surface area contributed by atoms with Crippen molar-refractivity contribution < 1.29 is 18.3 Å². The van der Waals surface area contributed by atoms with Gasteiger partial charge in [-0.1, -0.05) is 6.92 Å². The van der Waals surface area contributed by atoms with E-state index < -0.39 is 12.0 Å². The van der Waals surface area contributed by atoms with Gasteiger partial charge in [-0.15, -0.1) is 0 Å². The van der Waals surface area contributed by atoms with Crippen molar-refractivity contribution in [3.8, 4) is 0 Å². The van der Waals surface area contributed by atoms with E-state index in [4.69, 9.17) is 5.11 Å². The number of aliphatic hydroxyl groups excluding tert-OH is 1. The Morgan fingerprint density at radius 2 is 1.85 bits per heavy atom. The maximum absolute atomic E-state index is 12.7. The highest BCUT2D eigenvalue weighted by atomic mass is 19.4. The highest BCUT2D eigenvalue weighted by Crippen LogP contribution is 2.28. The Labute approximate surface area is 115 Å². The summed E-state index contributed by atoms with van der Waals surface area (Å²) in [6, 6.07) is 1.20. The molecule has 1 aromatic rings. The second kappa shape index (κ2) is 6.74. The minimum atomic E-state index is -4.60. The molecule has 1 aromatic heterocycles. The lowest BCUT2D eigenvalue weighted by Gasteiger charge is -2.20. The van der Waals surface area contributed by atoms with Crippen LogP contribution in [-0.2, 0) is 6.18 Å². The first-order valence-corrected chi connectivity index (χ1v) is 6.35. The zero-order valence-electron chi connectivity index (χ0n) is 11.6. The van der Waals surface area contributed by atoms with Crippen molar-refractivity contribution >= 4 is 11.6 Å². The number of rotatable bonds is 6. The van der Waals surface area contributed by atoms with Crippen LogP contribution in [0.4, 0.5) is 24.8 Å². The molecular formula is C12H19F3N4O. The van der Waals surface area contributed by atoms with Crippen LogP contribution in [0.25, 0.3) is 0 Å². The molecule has 20 heavy (non-hydrogen) atoms. The molecule has 0 aliphatic rings. The zero-order valence-corrected chi connectivity index (χ0v) is 11.6. The fraction of sp³-hybridized carbons (Fsp3) is 0.667. The summed E-state index contributed by atoms with van der Waals surface area (Å²) in [6.45, 7) is 5.71. The van der Waals surface area contributed by atoms with Gasteiger partial charge in [0, 0.05) is 25.3 Å². The number of nitrogens with zero attached hydrogens (tertiary/aromatic N) is 2. The molecule has 0 aromatic carbocycles. The van der Waals surface area contributed by atoms with Crippen LogP contribution in [0, 0.1) is 5.92 Å². The van der Waals surface area contributed by atoms with Gasteiger partial charge in [-0.05, 0) is 19.8 Å². The largest absolute Gasteiger partial charge is 0.451 e. The predicted octanol–water partition coefficient (Wildman–Crippen LogP) is 2.36. The Hall–Kier alpha value is -1.57. The van der Waals surface area contributed by atoms with Crippen LogP contribution in [0.3, 0.4) is 0 Å². The first kappa shape index (κ1) is 16.5. The molecular weight excluding hydrogens is 273 g/mol. The number of anilines is 2. The summed E-state index contributed by atoms with van der Waals surface area (Å²) in [4.78, 5) is 6.90. The maximum Gasteiger partial charge on any atom is 0.451 e. The number of alkyl halides is 3. The summed E-state index contributed by atoms with van der Waals surface area (Å²) in [5.74, 6) is -1.11. The lowest BCUT2D eigenvalue weighted by molar-refractivity contribution is -0.144. The van der Waals surface area contributed by atoms with E-state index in [-0.39, 0.29) is 30.2 Å². The molecule has 2 atom stereocenters. The van der Waals surface area contributed by atoms with Crippen molar-refractivity contribution in [1.29, 1.82) is 0 Å². The Morgan fingerprint density at radius 1 is 1.25 bits per heavy atom. The van der Waals surface area contributed by atoms with Gasteiger partial charge in [0.1, 0.15) is 11.6 Å². The van der Waals surface area contributed by atoms with E-state index in [9.17, 15) is 13.2 Å². The van der Waals surface area contributed by atoms with Crippen molar-refractivity contribution in [2.45, 2.75) is 33.0 Å². The normalized spacial score (nSPS) is 14.8. The Bertz CT molecular complexity index is 439. The average molecular weight is 292 g/mol. The second-order valence-electron chi connectivity index (χ2n) is 4.58. The molecule has 8 heteroatoms. The van der Waals surface area contributed by atoms with Gasteiger partial charge in [0.25, 0.3) is 0 Å². The molecule has 3 N–H and O–H groups in total. The molecule has 0 aliphatic carbocycles. The van der Waals surface area contributed by atoms with E-state index in [1.54, 1.807) is 20.8 Å². The Kier molecular flexibility index (Phi) is 5.55. The predicted molar refractivity (Wildman–Crippen MR) is 70.5 cm³/mol. The minimum Gasteiger partial charge on any atom is -0.396 e. The molecule has 114 valence electrons. The topological polar surface area (TPSA) is 70.1 Å². The van der Waals surface area contributed by atoms with Crippen molar-refractivity contribution in [2.24, 2.45) is 5.92 Å². The third-order valence-electron chi connectivity index (χ3n) is 2.85. The summed E-state index contributed by atoms with van der Waals surface area (Å²) >= 11 is 0. The number of halogens is 3. The molecule has 2 unspecified atom stereocenters. The summed E-state index contributed by atoms with van der Waals surface area (Å²) in [5, 5.41) is 14.6. The third-order valence-corrected chi connectivity index (χ3v) is 2.85. The van der Waals surface area contributed by atoms with Gasteiger partial charge in [-0.2, -0.15) is 13.2 Å². The molecule has 0 saturated heterocycles. The Morgan fingerprint density at radius 3 is 2.35 bits per heavy atom. The van der Waals surface area contributed by atoms with Crippen molar-refractivity contribution in [1.82, 2.24) is 9.97 Å². The fourth-order valence-corrected chi connectivity index (χ4v) is 1.45. The maximum atomic E-state index is 12.7. The molecule has 5 nitrogen and oxygen atoms in total. The highest BCUT2D eigenvalue weighted by molar-refractivity contribution is 5.48. The van der Waals surface area contributed by atoms with Crippen LogP contribution in [0.5, 0.6) is 0 Å². The van der Waals surface area contributed by atoms with Gasteiger partial charge in [-0.25, -0.2) is 9.97 Å². The van der Waals surface area contributed by atoms with Gasteiger partial charge in [0.2, 0.25) is 5.82 Å². The second-order valence-corrected chi connectivity index (χ2v) is 4.58. The molecule has 0 saturated carbocycles. The molecule has 0 amide bonds. The number of hydrogen-bond acceptors (Lipinski definition) is 5. The Balaban J connectivity index is 3.03. The van der Waals surface area contributed by atoms with Crippen molar-refractivity contribution in [2.75, 3.05) is 23.8 Å². The van der Waals surface area contributed by atoms with E-state index in [1.165, 1.54) is 6.07 Å². The van der Waals surface area contributed by atoms with Gasteiger partial charge < -0.3 is 15.7 Å². The molecule has 0 fully saturated rings. The molecule has 1 heterocycles. The highest BCUT2D eigenvalue weighted by Gasteiger charge is 2.35. The van der Waals surface area contributed by atoms with Crippen LogP contribution < -0.4 is 10.6 Å². The van der Waals surface area contributed by atoms with Gasteiger partial charge in [0.15, 0.2) is 0 Å². The van der Waals surface area contributed by atoms with Crippen LogP contribution in [0.2, 0.25) is 0 Å². The van der Waals surface area contributed by atoms with Crippen LogP contribution in [0.1, 0.15) is 26.6 Å². The number of aliphatic hydroxyl groups is 1. The average Bonchev–Trinajstić information content (AvgIpc) is 2.36. The molecule has 0 bridgehead atoms. The van der Waals surface area contributed by atoms with E-state index >= 15 is 0 Å². The van der Waals surface area contributed by atoms with Gasteiger partial charge in [-0.3, -0.25) is 0 Å². The van der Waals surface area contributed by atoms with Gasteiger partial charge in [0.05, 0.1) is 0 Å². The smallest absolute Gasteiger partial charge is 0.396 e. The summed E-state index contributed by atoms with van der Waals surface area (Å²) in [5.41, 5.74) is 0. The quantitative estimate of drug-likeness (QED) is 0.751. The summed E-state index contributed by atoms with van der Waals surface area (Å²) in [6.07, 6.45) is -4.60. The minimum absolute atomic E-state index is 0.0640. The van der Waals surface area contributed by atoms with E-state index in [0.29, 0.717) is 6.54 Å². The van der Waals surface area contributed by atoms with Gasteiger partial charge >= 0.3 is 6.18 Å². The summed E-state index contributed by atoms with van der Waals surface area (Å²) < 4.78 is 38.2. The van der Waals surface area contributed by atoms with E-state index in [1.807, 2.05) is 0 Å². The number of aromatic nitrogens is 2. The van der Waals surface area contributed by atoms with Crippen molar-refractivity contribution in [3.05, 3.63) is 11.9 Å². The van der Waals surface area contributed by atoms with E-state index in [2.05, 4.69) is 20.6 Å². The standard InChI is InChI=1S/C12H19F3N4O/c1-4-16-9-5-10(17-8(3)7(2)6-20)19-11(18-9)12(13,14)15/h5,7-8,20H,4,6H2,1-3H3,(H2,16,17,18,19). The fourth-order valence-electron chi connectivity index (χ4n) is 1.45. The van der Waals surface area contributed by atoms with Crippen molar-refractivity contribution in [3.63, 3.8) is 0 Å². The molecule has 0 aliphatic heterocycles. The molecule has 0 radical (unpaired) electrons. The van der Waals surface area contributed by atoms with Crippen LogP contribution in [0.15, 0.2) is 6.07 Å². The zero-order chi connectivity index (χ0) is 15.3. The number of hydrogen-bond donors (Lipinski definition) is 3.